The first kappa shape index (κ1) is 16.5. The van der Waals surface area contributed by atoms with E-state index in [2.05, 4.69) is 15.2 Å². The highest BCUT2D eigenvalue weighted by Gasteiger charge is 2.22. The maximum Gasteiger partial charge on any atom is 0.407 e. The molecular weight excluding hydrogens is 285 g/mol. The monoisotopic (exact) mass is 309 g/mol. The Morgan fingerprint density at radius 1 is 1.55 bits per heavy atom. The van der Waals surface area contributed by atoms with Crippen LogP contribution < -0.4 is 10.2 Å². The molecule has 1 aliphatic heterocycles. The minimum atomic E-state index is -0.489. The van der Waals surface area contributed by atoms with Gasteiger partial charge in [0.15, 0.2) is 0 Å². The van der Waals surface area contributed by atoms with Gasteiger partial charge in [0.25, 0.3) is 0 Å². The molecule has 122 valence electrons. The normalized spacial score (nSPS) is 18.9. The predicted octanol–water partition coefficient (Wildman–Crippen LogP) is 2.96. The van der Waals surface area contributed by atoms with Crippen LogP contribution in [0.15, 0.2) is 18.3 Å². The van der Waals surface area contributed by atoms with Crippen molar-refractivity contribution in [2.45, 2.75) is 39.2 Å². The highest BCUT2D eigenvalue weighted by Crippen LogP contribution is 2.22. The molecule has 0 bridgehead atoms. The Morgan fingerprint density at radius 2 is 2.32 bits per heavy atom. The minimum absolute atomic E-state index is 0.331. The van der Waals surface area contributed by atoms with Crippen molar-refractivity contribution in [1.82, 2.24) is 10.3 Å². The van der Waals surface area contributed by atoms with Gasteiger partial charge in [0.2, 0.25) is 5.95 Å². The second-order valence-electron chi connectivity index (χ2n) is 6.67. The lowest BCUT2D eigenvalue weighted by Crippen LogP contribution is -2.42. The number of carbonyl (C=O) groups is 1. The molecule has 1 amide bonds. The largest absolute Gasteiger partial charge is 0.444 e. The average Bonchev–Trinajstić information content (AvgIpc) is 2.44. The predicted molar refractivity (Wildman–Crippen MR) is 83.4 cm³/mol. The van der Waals surface area contributed by atoms with E-state index in [1.165, 1.54) is 12.3 Å². The summed E-state index contributed by atoms with van der Waals surface area (Å²) >= 11 is 0. The number of anilines is 1. The third kappa shape index (κ3) is 5.16. The van der Waals surface area contributed by atoms with Crippen LogP contribution in [0.25, 0.3) is 0 Å². The van der Waals surface area contributed by atoms with Crippen molar-refractivity contribution in [3.63, 3.8) is 0 Å². The Labute approximate surface area is 130 Å². The zero-order chi connectivity index (χ0) is 16.2. The molecule has 0 spiro atoms. The molecule has 5 nitrogen and oxygen atoms in total. The van der Waals surface area contributed by atoms with Gasteiger partial charge in [-0.2, -0.15) is 4.39 Å². The second-order valence-corrected chi connectivity index (χ2v) is 6.67. The first-order valence-electron chi connectivity index (χ1n) is 7.67. The fourth-order valence-electron chi connectivity index (χ4n) is 2.60. The number of halogens is 1. The first-order valence-corrected chi connectivity index (χ1v) is 7.67. The lowest BCUT2D eigenvalue weighted by atomic mass is 9.97. The van der Waals surface area contributed by atoms with Gasteiger partial charge in [0.05, 0.1) is 0 Å². The first-order chi connectivity index (χ1) is 10.3. The third-order valence-electron chi connectivity index (χ3n) is 3.53. The Kier molecular flexibility index (Phi) is 5.21. The van der Waals surface area contributed by atoms with Crippen LogP contribution in [0.4, 0.5) is 14.9 Å². The molecule has 1 unspecified atom stereocenters. The van der Waals surface area contributed by atoms with E-state index < -0.39 is 11.5 Å². The molecule has 2 heterocycles. The zero-order valence-electron chi connectivity index (χ0n) is 13.4. The van der Waals surface area contributed by atoms with Crippen LogP contribution in [-0.4, -0.2) is 36.3 Å². The Balaban J connectivity index is 1.85. The van der Waals surface area contributed by atoms with E-state index in [1.807, 2.05) is 26.8 Å². The van der Waals surface area contributed by atoms with Crippen LogP contribution >= 0.6 is 0 Å². The van der Waals surface area contributed by atoms with Crippen molar-refractivity contribution in [2.75, 3.05) is 24.5 Å². The van der Waals surface area contributed by atoms with Crippen LogP contribution in [0.1, 0.15) is 33.6 Å². The number of ether oxygens (including phenoxy) is 1. The summed E-state index contributed by atoms with van der Waals surface area (Å²) in [4.78, 5) is 17.4. The van der Waals surface area contributed by atoms with Gasteiger partial charge in [0.1, 0.15) is 5.60 Å². The summed E-state index contributed by atoms with van der Waals surface area (Å²) in [6, 6.07) is 3.26. The molecule has 0 aromatic carbocycles. The average molecular weight is 309 g/mol. The molecule has 0 radical (unpaired) electrons. The van der Waals surface area contributed by atoms with Gasteiger partial charge in [0, 0.05) is 37.6 Å². The number of nitrogens with one attached hydrogen (secondary N) is 1. The number of carbonyl (C=O) groups excluding carboxylic acids is 1. The van der Waals surface area contributed by atoms with Crippen molar-refractivity contribution < 1.29 is 13.9 Å². The molecule has 0 saturated carbocycles. The molecule has 6 heteroatoms. The molecule has 0 aliphatic carbocycles. The van der Waals surface area contributed by atoms with Gasteiger partial charge in [-0.15, -0.1) is 0 Å². The number of pyridine rings is 1. The molecule has 1 aromatic rings. The Morgan fingerprint density at radius 3 is 3.00 bits per heavy atom. The maximum absolute atomic E-state index is 13.2. The van der Waals surface area contributed by atoms with E-state index in [1.54, 1.807) is 0 Å². The van der Waals surface area contributed by atoms with E-state index in [-0.39, 0.29) is 6.09 Å². The van der Waals surface area contributed by atoms with Crippen molar-refractivity contribution in [3.8, 4) is 0 Å². The quantitative estimate of drug-likeness (QED) is 0.872. The van der Waals surface area contributed by atoms with Gasteiger partial charge in [-0.3, -0.25) is 0 Å². The molecule has 2 rings (SSSR count). The van der Waals surface area contributed by atoms with Gasteiger partial charge >= 0.3 is 6.09 Å². The van der Waals surface area contributed by atoms with Crippen LogP contribution in [0.5, 0.6) is 0 Å². The summed E-state index contributed by atoms with van der Waals surface area (Å²) in [6.45, 7) is 7.78. The summed E-state index contributed by atoms with van der Waals surface area (Å²) in [5.74, 6) is -0.135. The second kappa shape index (κ2) is 6.94. The fourth-order valence-corrected chi connectivity index (χ4v) is 2.60. The topological polar surface area (TPSA) is 54.5 Å². The summed E-state index contributed by atoms with van der Waals surface area (Å²) in [5, 5.41) is 2.82. The molecule has 1 aromatic heterocycles. The molecule has 1 aliphatic rings. The molecule has 1 N–H and O–H groups in total. The standard InChI is InChI=1S/C16H24FN3O2/c1-16(2,3)22-15(21)19-10-12-5-4-8-20(11-12)13-6-7-18-14(17)9-13/h6-7,9,12H,4-5,8,10-11H2,1-3H3,(H,19,21). The third-order valence-corrected chi connectivity index (χ3v) is 3.53. The molecule has 1 atom stereocenters. The highest BCUT2D eigenvalue weighted by atomic mass is 19.1. The van der Waals surface area contributed by atoms with Crippen molar-refractivity contribution >= 4 is 11.8 Å². The van der Waals surface area contributed by atoms with Gasteiger partial charge in [-0.25, -0.2) is 9.78 Å². The lowest BCUT2D eigenvalue weighted by molar-refractivity contribution is 0.0517. The summed E-state index contributed by atoms with van der Waals surface area (Å²) in [6.07, 6.45) is 3.15. The number of hydrogen-bond acceptors (Lipinski definition) is 4. The van der Waals surface area contributed by atoms with E-state index in [4.69, 9.17) is 4.74 Å². The van der Waals surface area contributed by atoms with E-state index in [0.717, 1.165) is 31.6 Å². The number of nitrogens with zero attached hydrogens (tertiary/aromatic N) is 2. The number of rotatable bonds is 3. The molecular formula is C16H24FN3O2. The number of aromatic nitrogens is 1. The van der Waals surface area contributed by atoms with Crippen LogP contribution in [0.2, 0.25) is 0 Å². The highest BCUT2D eigenvalue weighted by molar-refractivity contribution is 5.67. The number of piperidine rings is 1. The molecule has 22 heavy (non-hydrogen) atoms. The van der Waals surface area contributed by atoms with Crippen LogP contribution in [-0.2, 0) is 4.74 Å². The number of alkyl carbamates (subject to hydrolysis) is 1. The smallest absolute Gasteiger partial charge is 0.407 e. The van der Waals surface area contributed by atoms with E-state index in [0.29, 0.717) is 12.5 Å². The summed E-state index contributed by atoms with van der Waals surface area (Å²) in [5.41, 5.74) is 0.353. The minimum Gasteiger partial charge on any atom is -0.444 e. The van der Waals surface area contributed by atoms with Crippen molar-refractivity contribution in [2.24, 2.45) is 5.92 Å². The molecule has 1 fully saturated rings. The SMILES string of the molecule is CC(C)(C)OC(=O)NCC1CCCN(c2ccnc(F)c2)C1. The van der Waals surface area contributed by atoms with Crippen LogP contribution in [0, 0.1) is 11.9 Å². The Hall–Kier alpha value is -1.85. The lowest BCUT2D eigenvalue weighted by Gasteiger charge is -2.34. The van der Waals surface area contributed by atoms with Crippen molar-refractivity contribution in [1.29, 1.82) is 0 Å². The molecule has 1 saturated heterocycles. The van der Waals surface area contributed by atoms with E-state index >= 15 is 0 Å². The fraction of sp³-hybridized carbons (Fsp3) is 0.625. The summed E-state index contributed by atoms with van der Waals surface area (Å²) in [7, 11) is 0. The van der Waals surface area contributed by atoms with E-state index in [9.17, 15) is 9.18 Å². The van der Waals surface area contributed by atoms with Gasteiger partial charge < -0.3 is 15.0 Å². The van der Waals surface area contributed by atoms with Crippen molar-refractivity contribution in [3.05, 3.63) is 24.3 Å². The van der Waals surface area contributed by atoms with Gasteiger partial charge in [-0.1, -0.05) is 0 Å². The summed E-state index contributed by atoms with van der Waals surface area (Å²) < 4.78 is 18.5. The number of hydrogen-bond donors (Lipinski definition) is 1. The number of amides is 1. The Bertz CT molecular complexity index is 516. The van der Waals surface area contributed by atoms with Crippen LogP contribution in [0.3, 0.4) is 0 Å². The van der Waals surface area contributed by atoms with Gasteiger partial charge in [-0.05, 0) is 45.6 Å². The zero-order valence-corrected chi connectivity index (χ0v) is 13.4. The maximum atomic E-state index is 13.2.